The topological polar surface area (TPSA) is 116 Å². The molecule has 22 heavy (non-hydrogen) atoms. The van der Waals surface area contributed by atoms with E-state index < -0.39 is 36.3 Å². The molecule has 0 bridgehead atoms. The lowest BCUT2D eigenvalue weighted by atomic mass is 10.3. The normalized spacial score (nSPS) is 14.5. The predicted molar refractivity (Wildman–Crippen MR) is 75.6 cm³/mol. The first-order valence-corrected chi connectivity index (χ1v) is 7.17. The fraction of sp³-hybridized carbons (Fsp3) is 0.615. The Morgan fingerprint density at radius 2 is 1.64 bits per heavy atom. The van der Waals surface area contributed by atoms with Gasteiger partial charge in [0.05, 0.1) is 0 Å². The molecule has 0 spiro atoms. The minimum atomic E-state index is -1.05. The van der Waals surface area contributed by atoms with Crippen LogP contribution in [0.3, 0.4) is 0 Å². The first kappa shape index (κ1) is 17.6. The van der Waals surface area contributed by atoms with Gasteiger partial charge in [0, 0.05) is 13.1 Å². The highest BCUT2D eigenvalue weighted by molar-refractivity contribution is 6.45. The van der Waals surface area contributed by atoms with E-state index in [1.165, 1.54) is 0 Å². The van der Waals surface area contributed by atoms with Gasteiger partial charge in [-0.15, -0.1) is 0 Å². The number of imide groups is 3. The van der Waals surface area contributed by atoms with Gasteiger partial charge < -0.3 is 5.32 Å². The first-order chi connectivity index (χ1) is 10.4. The summed E-state index contributed by atoms with van der Waals surface area (Å²) >= 11 is 0. The maximum Gasteiger partial charge on any atom is 0.334 e. The van der Waals surface area contributed by atoms with Gasteiger partial charge in [0.25, 0.3) is 0 Å². The molecular weight excluding hydrogens is 292 g/mol. The number of unbranched alkanes of at least 4 members (excludes halogenated alkanes) is 1. The van der Waals surface area contributed by atoms with E-state index in [1.807, 2.05) is 19.2 Å². The largest absolute Gasteiger partial charge is 0.338 e. The highest BCUT2D eigenvalue weighted by Crippen LogP contribution is 2.12. The highest BCUT2D eigenvalue weighted by atomic mass is 16.2. The molecule has 0 aromatic rings. The molecular formula is C13H20N4O5. The fourth-order valence-electron chi connectivity index (χ4n) is 1.80. The molecule has 1 rings (SSSR count). The van der Waals surface area contributed by atoms with Gasteiger partial charge in [0.15, 0.2) is 0 Å². The van der Waals surface area contributed by atoms with Crippen molar-refractivity contribution < 1.29 is 24.0 Å². The lowest BCUT2D eigenvalue weighted by molar-refractivity contribution is -0.143. The molecule has 0 unspecified atom stereocenters. The van der Waals surface area contributed by atoms with Gasteiger partial charge in [0.2, 0.25) is 5.91 Å². The van der Waals surface area contributed by atoms with Gasteiger partial charge >= 0.3 is 23.9 Å². The van der Waals surface area contributed by atoms with Crippen LogP contribution in [-0.2, 0) is 14.4 Å². The number of hydrogen-bond donors (Lipinski definition) is 2. The molecule has 1 fully saturated rings. The zero-order valence-electron chi connectivity index (χ0n) is 12.7. The monoisotopic (exact) mass is 312 g/mol. The third-order valence-corrected chi connectivity index (χ3v) is 2.96. The lowest BCUT2D eigenvalue weighted by Gasteiger charge is -2.14. The Labute approximate surface area is 128 Å². The van der Waals surface area contributed by atoms with Gasteiger partial charge in [-0.2, -0.15) is 0 Å². The number of nitrogens with zero attached hydrogens (tertiary/aromatic N) is 2. The summed E-state index contributed by atoms with van der Waals surface area (Å²) in [5.74, 6) is -2.83. The molecule has 1 aliphatic rings. The molecule has 0 radical (unpaired) electrons. The maximum absolute atomic E-state index is 12.0. The molecule has 9 nitrogen and oxygen atoms in total. The quantitative estimate of drug-likeness (QED) is 0.499. The molecule has 0 saturated carbocycles. The van der Waals surface area contributed by atoms with E-state index in [1.54, 1.807) is 0 Å². The van der Waals surface area contributed by atoms with Gasteiger partial charge in [0.1, 0.15) is 6.54 Å². The Morgan fingerprint density at radius 3 is 2.23 bits per heavy atom. The summed E-state index contributed by atoms with van der Waals surface area (Å²) in [6.45, 7) is 3.59. The van der Waals surface area contributed by atoms with E-state index in [2.05, 4.69) is 5.32 Å². The standard InChI is InChI=1S/C13H20N4O5/c1-3-5-7-16-10(19)11(20)17(13(16)22)8-9(18)15-12(21)14-6-4-2/h3-8H2,1-2H3,(H2,14,15,18,21). The molecule has 1 aliphatic heterocycles. The Kier molecular flexibility index (Phi) is 6.48. The van der Waals surface area contributed by atoms with E-state index >= 15 is 0 Å². The molecule has 122 valence electrons. The van der Waals surface area contributed by atoms with Crippen molar-refractivity contribution >= 4 is 29.8 Å². The van der Waals surface area contributed by atoms with Crippen molar-refractivity contribution in [2.45, 2.75) is 33.1 Å². The summed E-state index contributed by atoms with van der Waals surface area (Å²) in [5.41, 5.74) is 0. The van der Waals surface area contributed by atoms with Crippen molar-refractivity contribution in [2.75, 3.05) is 19.6 Å². The van der Waals surface area contributed by atoms with Crippen LogP contribution in [-0.4, -0.2) is 59.2 Å². The van der Waals surface area contributed by atoms with Crippen LogP contribution in [0.4, 0.5) is 9.59 Å². The molecule has 0 aliphatic carbocycles. The second-order valence-corrected chi connectivity index (χ2v) is 4.79. The van der Waals surface area contributed by atoms with E-state index in [0.717, 1.165) is 11.3 Å². The van der Waals surface area contributed by atoms with Crippen molar-refractivity contribution in [3.05, 3.63) is 0 Å². The minimum absolute atomic E-state index is 0.134. The van der Waals surface area contributed by atoms with Crippen molar-refractivity contribution in [3.8, 4) is 0 Å². The summed E-state index contributed by atoms with van der Waals surface area (Å²) in [6, 6.07) is -1.53. The van der Waals surface area contributed by atoms with Crippen LogP contribution in [0.5, 0.6) is 0 Å². The van der Waals surface area contributed by atoms with Crippen molar-refractivity contribution in [2.24, 2.45) is 0 Å². The van der Waals surface area contributed by atoms with Crippen LogP contribution in [0.1, 0.15) is 33.1 Å². The summed E-state index contributed by atoms with van der Waals surface area (Å²) in [4.78, 5) is 59.7. The van der Waals surface area contributed by atoms with Crippen molar-refractivity contribution in [1.82, 2.24) is 20.4 Å². The predicted octanol–water partition coefficient (Wildman–Crippen LogP) is -0.187. The van der Waals surface area contributed by atoms with Crippen LogP contribution in [0.2, 0.25) is 0 Å². The van der Waals surface area contributed by atoms with Gasteiger partial charge in [-0.05, 0) is 12.8 Å². The average Bonchev–Trinajstić information content (AvgIpc) is 2.67. The number of hydrogen-bond acceptors (Lipinski definition) is 5. The van der Waals surface area contributed by atoms with Crippen molar-refractivity contribution in [3.63, 3.8) is 0 Å². The number of amides is 7. The summed E-state index contributed by atoms with van der Waals surface area (Å²) in [6.07, 6.45) is 2.03. The van der Waals surface area contributed by atoms with Crippen LogP contribution < -0.4 is 10.6 Å². The molecule has 9 heteroatoms. The van der Waals surface area contributed by atoms with E-state index in [-0.39, 0.29) is 6.54 Å². The number of carbonyl (C=O) groups is 5. The second kappa shape index (κ2) is 8.11. The van der Waals surface area contributed by atoms with Gasteiger partial charge in [-0.3, -0.25) is 24.6 Å². The summed E-state index contributed by atoms with van der Waals surface area (Å²) < 4.78 is 0. The molecule has 0 aromatic heterocycles. The highest BCUT2D eigenvalue weighted by Gasteiger charge is 2.44. The van der Waals surface area contributed by atoms with E-state index in [4.69, 9.17) is 0 Å². The Morgan fingerprint density at radius 1 is 1.00 bits per heavy atom. The third kappa shape index (κ3) is 4.27. The van der Waals surface area contributed by atoms with Crippen LogP contribution in [0.15, 0.2) is 0 Å². The van der Waals surface area contributed by atoms with Crippen LogP contribution >= 0.6 is 0 Å². The van der Waals surface area contributed by atoms with Gasteiger partial charge in [-0.25, -0.2) is 14.5 Å². The first-order valence-electron chi connectivity index (χ1n) is 7.17. The zero-order chi connectivity index (χ0) is 16.7. The number of urea groups is 2. The fourth-order valence-corrected chi connectivity index (χ4v) is 1.80. The minimum Gasteiger partial charge on any atom is -0.338 e. The summed E-state index contributed by atoms with van der Waals surface area (Å²) in [5, 5.41) is 4.41. The van der Waals surface area contributed by atoms with Crippen molar-refractivity contribution in [1.29, 1.82) is 0 Å². The zero-order valence-corrected chi connectivity index (χ0v) is 12.7. The molecule has 1 saturated heterocycles. The van der Waals surface area contributed by atoms with Gasteiger partial charge in [-0.1, -0.05) is 20.3 Å². The third-order valence-electron chi connectivity index (χ3n) is 2.96. The van der Waals surface area contributed by atoms with Crippen LogP contribution in [0.25, 0.3) is 0 Å². The Hall–Kier alpha value is -2.45. The molecule has 0 aromatic carbocycles. The SMILES string of the molecule is CCCCN1C(=O)C(=O)N(CC(=O)NC(=O)NCCC)C1=O. The molecule has 0 atom stereocenters. The Bertz CT molecular complexity index is 491. The lowest BCUT2D eigenvalue weighted by Crippen LogP contribution is -2.46. The van der Waals surface area contributed by atoms with E-state index in [9.17, 15) is 24.0 Å². The summed E-state index contributed by atoms with van der Waals surface area (Å²) in [7, 11) is 0. The smallest absolute Gasteiger partial charge is 0.334 e. The average molecular weight is 312 g/mol. The number of nitrogens with one attached hydrogen (secondary N) is 2. The molecule has 1 heterocycles. The molecule has 7 amide bonds. The number of carbonyl (C=O) groups excluding carboxylic acids is 5. The number of rotatable bonds is 7. The Balaban J connectivity index is 2.59. The maximum atomic E-state index is 12.0. The molecule has 2 N–H and O–H groups in total. The van der Waals surface area contributed by atoms with Crippen LogP contribution in [0, 0.1) is 0 Å². The van der Waals surface area contributed by atoms with E-state index in [0.29, 0.717) is 24.3 Å². The second-order valence-electron chi connectivity index (χ2n) is 4.79.